The molecular formula is C14H17BrFNO3. The standard InChI is InChI=1S/C14H17BrFNO3/c1-9(2)8-17(4-3-13(18)19)14(20)10-5-11(15)7-12(16)6-10/h5-7,9H,3-4,8H2,1-2H3,(H,18,19). The zero-order valence-electron chi connectivity index (χ0n) is 11.4. The van der Waals surface area contributed by atoms with E-state index in [1.54, 1.807) is 0 Å². The van der Waals surface area contributed by atoms with E-state index in [0.29, 0.717) is 11.0 Å². The fourth-order valence-corrected chi connectivity index (χ4v) is 2.27. The van der Waals surface area contributed by atoms with Crippen molar-refractivity contribution in [2.75, 3.05) is 13.1 Å². The first-order valence-corrected chi connectivity index (χ1v) is 7.06. The van der Waals surface area contributed by atoms with Crippen molar-refractivity contribution in [3.63, 3.8) is 0 Å². The maximum atomic E-state index is 13.3. The predicted octanol–water partition coefficient (Wildman–Crippen LogP) is 3.16. The van der Waals surface area contributed by atoms with Crippen LogP contribution in [0.5, 0.6) is 0 Å². The highest BCUT2D eigenvalue weighted by Gasteiger charge is 2.18. The molecule has 0 unspecified atom stereocenters. The predicted molar refractivity (Wildman–Crippen MR) is 77.1 cm³/mol. The van der Waals surface area contributed by atoms with Gasteiger partial charge in [0.1, 0.15) is 5.82 Å². The Labute approximate surface area is 125 Å². The molecule has 110 valence electrons. The monoisotopic (exact) mass is 345 g/mol. The number of benzene rings is 1. The van der Waals surface area contributed by atoms with E-state index in [0.717, 1.165) is 6.07 Å². The summed E-state index contributed by atoms with van der Waals surface area (Å²) in [5.41, 5.74) is 0.211. The van der Waals surface area contributed by atoms with Gasteiger partial charge in [-0.2, -0.15) is 0 Å². The number of rotatable bonds is 6. The molecule has 0 saturated carbocycles. The molecule has 0 saturated heterocycles. The Morgan fingerprint density at radius 1 is 1.35 bits per heavy atom. The highest BCUT2D eigenvalue weighted by Crippen LogP contribution is 2.17. The minimum Gasteiger partial charge on any atom is -0.481 e. The smallest absolute Gasteiger partial charge is 0.305 e. The van der Waals surface area contributed by atoms with E-state index in [9.17, 15) is 14.0 Å². The summed E-state index contributed by atoms with van der Waals surface area (Å²) in [5.74, 6) is -1.64. The van der Waals surface area contributed by atoms with Crippen LogP contribution in [0.1, 0.15) is 30.6 Å². The van der Waals surface area contributed by atoms with Gasteiger partial charge < -0.3 is 10.0 Å². The van der Waals surface area contributed by atoms with Crippen molar-refractivity contribution in [1.29, 1.82) is 0 Å². The van der Waals surface area contributed by atoms with Crippen LogP contribution in [-0.4, -0.2) is 35.0 Å². The lowest BCUT2D eigenvalue weighted by Gasteiger charge is -2.24. The number of hydrogen-bond acceptors (Lipinski definition) is 2. The van der Waals surface area contributed by atoms with Crippen LogP contribution >= 0.6 is 15.9 Å². The number of carboxylic acids is 1. The van der Waals surface area contributed by atoms with Gasteiger partial charge in [0.25, 0.3) is 5.91 Å². The van der Waals surface area contributed by atoms with Gasteiger partial charge in [0, 0.05) is 23.1 Å². The molecule has 1 amide bonds. The molecule has 0 aliphatic carbocycles. The number of carboxylic acid groups (broad SMARTS) is 1. The summed E-state index contributed by atoms with van der Waals surface area (Å²) < 4.78 is 13.8. The average Bonchev–Trinajstić information content (AvgIpc) is 2.31. The van der Waals surface area contributed by atoms with Crippen molar-refractivity contribution < 1.29 is 19.1 Å². The minimum absolute atomic E-state index is 0.112. The fraction of sp³-hybridized carbons (Fsp3) is 0.429. The lowest BCUT2D eigenvalue weighted by atomic mass is 10.1. The van der Waals surface area contributed by atoms with Gasteiger partial charge in [-0.25, -0.2) is 4.39 Å². The molecule has 0 radical (unpaired) electrons. The number of amides is 1. The van der Waals surface area contributed by atoms with Gasteiger partial charge in [0.05, 0.1) is 6.42 Å². The molecule has 1 aromatic rings. The van der Waals surface area contributed by atoms with E-state index < -0.39 is 11.8 Å². The highest BCUT2D eigenvalue weighted by atomic mass is 79.9. The van der Waals surface area contributed by atoms with Gasteiger partial charge in [-0.1, -0.05) is 29.8 Å². The molecule has 20 heavy (non-hydrogen) atoms. The average molecular weight is 346 g/mol. The molecule has 0 atom stereocenters. The Hall–Kier alpha value is -1.43. The van der Waals surface area contributed by atoms with Crippen LogP contribution in [0.4, 0.5) is 4.39 Å². The number of hydrogen-bond donors (Lipinski definition) is 1. The number of carbonyl (C=O) groups is 2. The number of aliphatic carboxylic acids is 1. The maximum absolute atomic E-state index is 13.3. The first-order chi connectivity index (χ1) is 9.29. The van der Waals surface area contributed by atoms with Crippen LogP contribution in [0, 0.1) is 11.7 Å². The molecule has 0 heterocycles. The molecule has 6 heteroatoms. The first-order valence-electron chi connectivity index (χ1n) is 6.26. The lowest BCUT2D eigenvalue weighted by Crippen LogP contribution is -2.36. The van der Waals surface area contributed by atoms with Crippen molar-refractivity contribution in [1.82, 2.24) is 4.90 Å². The fourth-order valence-electron chi connectivity index (χ4n) is 1.81. The molecule has 0 aliphatic rings. The first kappa shape index (κ1) is 16.6. The normalized spacial score (nSPS) is 10.7. The highest BCUT2D eigenvalue weighted by molar-refractivity contribution is 9.10. The zero-order valence-corrected chi connectivity index (χ0v) is 13.0. The number of nitrogens with zero attached hydrogens (tertiary/aromatic N) is 1. The second-order valence-corrected chi connectivity index (χ2v) is 5.86. The van der Waals surface area contributed by atoms with Crippen LogP contribution in [0.3, 0.4) is 0 Å². The van der Waals surface area contributed by atoms with E-state index in [2.05, 4.69) is 15.9 Å². The Morgan fingerprint density at radius 3 is 2.50 bits per heavy atom. The summed E-state index contributed by atoms with van der Waals surface area (Å²) in [6.07, 6.45) is -0.130. The van der Waals surface area contributed by atoms with Crippen LogP contribution in [0.2, 0.25) is 0 Å². The largest absolute Gasteiger partial charge is 0.481 e. The minimum atomic E-state index is -0.966. The second-order valence-electron chi connectivity index (χ2n) is 4.95. The molecule has 0 aliphatic heterocycles. The lowest BCUT2D eigenvalue weighted by molar-refractivity contribution is -0.137. The van der Waals surface area contributed by atoms with Crippen molar-refractivity contribution in [2.45, 2.75) is 20.3 Å². The molecule has 4 nitrogen and oxygen atoms in total. The second kappa shape index (κ2) is 7.38. The van der Waals surface area contributed by atoms with Gasteiger partial charge in [-0.05, 0) is 24.1 Å². The molecule has 0 fully saturated rings. The van der Waals surface area contributed by atoms with Crippen molar-refractivity contribution in [2.24, 2.45) is 5.92 Å². The molecular weight excluding hydrogens is 329 g/mol. The summed E-state index contributed by atoms with van der Waals surface area (Å²) in [4.78, 5) is 24.4. The third-order valence-corrected chi connectivity index (χ3v) is 3.04. The molecule has 1 rings (SSSR count). The van der Waals surface area contributed by atoms with E-state index in [-0.39, 0.29) is 30.4 Å². The van der Waals surface area contributed by atoms with Gasteiger partial charge in [-0.15, -0.1) is 0 Å². The maximum Gasteiger partial charge on any atom is 0.305 e. The van der Waals surface area contributed by atoms with Gasteiger partial charge in [0.15, 0.2) is 0 Å². The van der Waals surface area contributed by atoms with Crippen LogP contribution in [0.15, 0.2) is 22.7 Å². The quantitative estimate of drug-likeness (QED) is 0.861. The van der Waals surface area contributed by atoms with Crippen LogP contribution in [0.25, 0.3) is 0 Å². The summed E-state index contributed by atoms with van der Waals surface area (Å²) in [6, 6.07) is 3.95. The van der Waals surface area contributed by atoms with Gasteiger partial charge >= 0.3 is 5.97 Å². The summed E-state index contributed by atoms with van der Waals surface area (Å²) in [5, 5.41) is 8.73. The molecule has 0 aromatic heterocycles. The summed E-state index contributed by atoms with van der Waals surface area (Å²) in [6.45, 7) is 4.41. The van der Waals surface area contributed by atoms with E-state index >= 15 is 0 Å². The Morgan fingerprint density at radius 2 is 2.00 bits per heavy atom. The summed E-state index contributed by atoms with van der Waals surface area (Å²) >= 11 is 3.14. The number of carbonyl (C=O) groups excluding carboxylic acids is 1. The third kappa shape index (κ3) is 5.28. The Kier molecular flexibility index (Phi) is 6.13. The van der Waals surface area contributed by atoms with E-state index in [1.165, 1.54) is 17.0 Å². The molecule has 0 bridgehead atoms. The van der Waals surface area contributed by atoms with Crippen LogP contribution < -0.4 is 0 Å². The molecule has 1 N–H and O–H groups in total. The third-order valence-electron chi connectivity index (χ3n) is 2.58. The van der Waals surface area contributed by atoms with E-state index in [4.69, 9.17) is 5.11 Å². The topological polar surface area (TPSA) is 57.6 Å². The van der Waals surface area contributed by atoms with Crippen molar-refractivity contribution in [3.05, 3.63) is 34.1 Å². The molecule has 0 spiro atoms. The Balaban J connectivity index is 2.93. The SMILES string of the molecule is CC(C)CN(CCC(=O)O)C(=O)c1cc(F)cc(Br)c1. The van der Waals surface area contributed by atoms with E-state index in [1.807, 2.05) is 13.8 Å². The number of halogens is 2. The van der Waals surface area contributed by atoms with Crippen molar-refractivity contribution >= 4 is 27.8 Å². The van der Waals surface area contributed by atoms with Crippen LogP contribution in [-0.2, 0) is 4.79 Å². The Bertz CT molecular complexity index is 485. The van der Waals surface area contributed by atoms with Gasteiger partial charge in [-0.3, -0.25) is 9.59 Å². The zero-order chi connectivity index (χ0) is 15.3. The molecule has 1 aromatic carbocycles. The summed E-state index contributed by atoms with van der Waals surface area (Å²) in [7, 11) is 0. The van der Waals surface area contributed by atoms with Crippen molar-refractivity contribution in [3.8, 4) is 0 Å². The van der Waals surface area contributed by atoms with Gasteiger partial charge in [0.2, 0.25) is 0 Å².